The molecule has 0 radical (unpaired) electrons. The first-order chi connectivity index (χ1) is 9.56. The Kier molecular flexibility index (Phi) is 5.05. The second-order valence-corrected chi connectivity index (χ2v) is 5.78. The minimum atomic E-state index is -0.184. The van der Waals surface area contributed by atoms with Crippen molar-refractivity contribution in [1.82, 2.24) is 0 Å². The van der Waals surface area contributed by atoms with Gasteiger partial charge in [0.05, 0.1) is 6.10 Å². The van der Waals surface area contributed by atoms with E-state index in [0.717, 1.165) is 25.0 Å². The molecule has 1 unspecified atom stereocenters. The fourth-order valence-corrected chi connectivity index (χ4v) is 2.92. The van der Waals surface area contributed by atoms with E-state index in [0.29, 0.717) is 5.92 Å². The van der Waals surface area contributed by atoms with Gasteiger partial charge in [-0.05, 0) is 50.8 Å². The molecule has 1 aliphatic rings. The van der Waals surface area contributed by atoms with Crippen LogP contribution in [0, 0.1) is 0 Å². The minimum absolute atomic E-state index is 0.00977. The summed E-state index contributed by atoms with van der Waals surface area (Å²) in [6.45, 7) is 5.54. The van der Waals surface area contributed by atoms with Gasteiger partial charge in [0.2, 0.25) is 0 Å². The molecule has 2 atom stereocenters. The highest BCUT2D eigenvalue weighted by molar-refractivity contribution is 5.66. The van der Waals surface area contributed by atoms with Crippen molar-refractivity contribution in [2.45, 2.75) is 64.6 Å². The Balaban J connectivity index is 2.16. The van der Waals surface area contributed by atoms with E-state index in [9.17, 15) is 4.79 Å². The van der Waals surface area contributed by atoms with Crippen molar-refractivity contribution < 1.29 is 14.3 Å². The summed E-state index contributed by atoms with van der Waals surface area (Å²) >= 11 is 0. The molecule has 1 fully saturated rings. The van der Waals surface area contributed by atoms with Crippen LogP contribution in [0.4, 0.5) is 0 Å². The average Bonchev–Trinajstić information content (AvgIpc) is 2.38. The minimum Gasteiger partial charge on any atom is -0.491 e. The fourth-order valence-electron chi connectivity index (χ4n) is 2.92. The van der Waals surface area contributed by atoms with Crippen molar-refractivity contribution in [2.75, 3.05) is 0 Å². The molecule has 0 amide bonds. The van der Waals surface area contributed by atoms with Crippen molar-refractivity contribution >= 4 is 5.97 Å². The molecular formula is C17H24O3. The lowest BCUT2D eigenvalue weighted by molar-refractivity contribution is -0.148. The first kappa shape index (κ1) is 14.9. The number of esters is 1. The normalized spacial score (nSPS) is 22.6. The van der Waals surface area contributed by atoms with Gasteiger partial charge in [-0.2, -0.15) is 0 Å². The van der Waals surface area contributed by atoms with Gasteiger partial charge < -0.3 is 9.47 Å². The smallest absolute Gasteiger partial charge is 0.302 e. The van der Waals surface area contributed by atoms with Crippen LogP contribution in [0.5, 0.6) is 5.75 Å². The maximum atomic E-state index is 11.3. The summed E-state index contributed by atoms with van der Waals surface area (Å²) in [5, 5.41) is 0. The van der Waals surface area contributed by atoms with E-state index in [-0.39, 0.29) is 18.2 Å². The third-order valence-electron chi connectivity index (χ3n) is 3.68. The molecular weight excluding hydrogens is 252 g/mol. The molecule has 0 spiro atoms. The Bertz CT molecular complexity index is 453. The quantitative estimate of drug-likeness (QED) is 0.778. The number of hydrogen-bond acceptors (Lipinski definition) is 3. The van der Waals surface area contributed by atoms with Crippen LogP contribution in [0.25, 0.3) is 0 Å². The Morgan fingerprint density at radius 1 is 1.25 bits per heavy atom. The maximum Gasteiger partial charge on any atom is 0.302 e. The van der Waals surface area contributed by atoms with Gasteiger partial charge in [0.15, 0.2) is 0 Å². The van der Waals surface area contributed by atoms with Crippen molar-refractivity contribution in [3.8, 4) is 5.75 Å². The van der Waals surface area contributed by atoms with Crippen molar-refractivity contribution in [2.24, 2.45) is 0 Å². The molecule has 110 valence electrons. The molecule has 0 aromatic heterocycles. The zero-order valence-corrected chi connectivity index (χ0v) is 12.6. The van der Waals surface area contributed by atoms with Crippen LogP contribution >= 0.6 is 0 Å². The summed E-state index contributed by atoms with van der Waals surface area (Å²) in [4.78, 5) is 11.3. The summed E-state index contributed by atoms with van der Waals surface area (Å²) < 4.78 is 11.3. The molecule has 0 aliphatic heterocycles. The third-order valence-corrected chi connectivity index (χ3v) is 3.68. The lowest BCUT2D eigenvalue weighted by Crippen LogP contribution is -2.27. The molecule has 0 saturated heterocycles. The van der Waals surface area contributed by atoms with Gasteiger partial charge in [0.1, 0.15) is 11.9 Å². The third kappa shape index (κ3) is 3.99. The molecule has 0 N–H and O–H groups in total. The van der Waals surface area contributed by atoms with Crippen molar-refractivity contribution in [3.05, 3.63) is 29.8 Å². The molecule has 2 rings (SSSR count). The Labute approximate surface area is 121 Å². The highest BCUT2D eigenvalue weighted by Crippen LogP contribution is 2.36. The topological polar surface area (TPSA) is 35.5 Å². The summed E-state index contributed by atoms with van der Waals surface area (Å²) in [5.74, 6) is 1.00. The first-order valence-electron chi connectivity index (χ1n) is 7.50. The molecule has 0 bridgehead atoms. The van der Waals surface area contributed by atoms with Gasteiger partial charge in [0.25, 0.3) is 0 Å². The number of carbonyl (C=O) groups excluding carboxylic acids is 1. The summed E-state index contributed by atoms with van der Waals surface area (Å²) in [7, 11) is 0. The lowest BCUT2D eigenvalue weighted by atomic mass is 9.81. The van der Waals surface area contributed by atoms with Crippen molar-refractivity contribution in [1.29, 1.82) is 0 Å². The van der Waals surface area contributed by atoms with Crippen LogP contribution in [0.3, 0.4) is 0 Å². The zero-order valence-electron chi connectivity index (χ0n) is 12.6. The van der Waals surface area contributed by atoms with Crippen LogP contribution < -0.4 is 4.74 Å². The van der Waals surface area contributed by atoms with Gasteiger partial charge in [-0.1, -0.05) is 18.6 Å². The molecule has 1 aromatic carbocycles. The standard InChI is InChI=1S/C17H24O3/c1-12(2)19-15-8-6-7-14(11-15)16-9-4-5-10-17(16)20-13(3)18/h6-8,11-12,16-17H,4-5,9-10H2,1-3H3/t16-,17?/m0/s1. The number of ether oxygens (including phenoxy) is 2. The maximum absolute atomic E-state index is 11.3. The van der Waals surface area contributed by atoms with E-state index < -0.39 is 0 Å². The highest BCUT2D eigenvalue weighted by Gasteiger charge is 2.29. The molecule has 3 heteroatoms. The number of benzene rings is 1. The monoisotopic (exact) mass is 276 g/mol. The Morgan fingerprint density at radius 2 is 2.00 bits per heavy atom. The number of carbonyl (C=O) groups is 1. The molecule has 20 heavy (non-hydrogen) atoms. The molecule has 1 saturated carbocycles. The van der Waals surface area contributed by atoms with Gasteiger partial charge in [-0.3, -0.25) is 4.79 Å². The van der Waals surface area contributed by atoms with Crippen LogP contribution in [0.2, 0.25) is 0 Å². The van der Waals surface area contributed by atoms with Crippen molar-refractivity contribution in [3.63, 3.8) is 0 Å². The first-order valence-corrected chi connectivity index (χ1v) is 7.50. The number of rotatable bonds is 4. The van der Waals surface area contributed by atoms with Gasteiger partial charge in [-0.25, -0.2) is 0 Å². The van der Waals surface area contributed by atoms with E-state index in [1.54, 1.807) is 0 Å². The number of hydrogen-bond donors (Lipinski definition) is 0. The van der Waals surface area contributed by atoms with E-state index >= 15 is 0 Å². The molecule has 0 heterocycles. The summed E-state index contributed by atoms with van der Waals surface area (Å²) in [6.07, 6.45) is 4.54. The Morgan fingerprint density at radius 3 is 2.70 bits per heavy atom. The molecule has 1 aromatic rings. The van der Waals surface area contributed by atoms with E-state index in [1.165, 1.54) is 18.9 Å². The van der Waals surface area contributed by atoms with Crippen LogP contribution in [0.15, 0.2) is 24.3 Å². The van der Waals surface area contributed by atoms with E-state index in [4.69, 9.17) is 9.47 Å². The molecule has 3 nitrogen and oxygen atoms in total. The average molecular weight is 276 g/mol. The summed E-state index contributed by atoms with van der Waals surface area (Å²) in [5.41, 5.74) is 1.22. The van der Waals surface area contributed by atoms with Gasteiger partial charge in [0, 0.05) is 12.8 Å². The SMILES string of the molecule is CC(=O)OC1CCCC[C@H]1c1cccc(OC(C)C)c1. The second kappa shape index (κ2) is 6.78. The van der Waals surface area contributed by atoms with E-state index in [2.05, 4.69) is 12.1 Å². The van der Waals surface area contributed by atoms with Crippen LogP contribution in [-0.2, 0) is 9.53 Å². The largest absolute Gasteiger partial charge is 0.491 e. The predicted octanol–water partition coefficient (Wildman–Crippen LogP) is 4.06. The van der Waals surface area contributed by atoms with Gasteiger partial charge in [-0.15, -0.1) is 0 Å². The Hall–Kier alpha value is -1.51. The second-order valence-electron chi connectivity index (χ2n) is 5.78. The van der Waals surface area contributed by atoms with Crippen LogP contribution in [0.1, 0.15) is 57.9 Å². The summed E-state index contributed by atoms with van der Waals surface area (Å²) in [6, 6.07) is 8.20. The zero-order chi connectivity index (χ0) is 14.5. The fraction of sp³-hybridized carbons (Fsp3) is 0.588. The lowest BCUT2D eigenvalue weighted by Gasteiger charge is -2.31. The highest BCUT2D eigenvalue weighted by atomic mass is 16.5. The van der Waals surface area contributed by atoms with Gasteiger partial charge >= 0.3 is 5.97 Å². The van der Waals surface area contributed by atoms with Crippen LogP contribution in [-0.4, -0.2) is 18.2 Å². The predicted molar refractivity (Wildman–Crippen MR) is 79.0 cm³/mol. The molecule has 1 aliphatic carbocycles. The van der Waals surface area contributed by atoms with E-state index in [1.807, 2.05) is 26.0 Å².